The third-order valence-corrected chi connectivity index (χ3v) is 3.23. The predicted molar refractivity (Wildman–Crippen MR) is 80.7 cm³/mol. The van der Waals surface area contributed by atoms with Gasteiger partial charge in [-0.25, -0.2) is 4.98 Å². The fourth-order valence-corrected chi connectivity index (χ4v) is 2.14. The molecule has 0 spiro atoms. The Balaban J connectivity index is 1.70. The van der Waals surface area contributed by atoms with E-state index in [4.69, 9.17) is 0 Å². The van der Waals surface area contributed by atoms with E-state index in [0.29, 0.717) is 5.95 Å². The van der Waals surface area contributed by atoms with E-state index in [2.05, 4.69) is 32.6 Å². The van der Waals surface area contributed by atoms with Gasteiger partial charge in [0.2, 0.25) is 5.95 Å². The smallest absolute Gasteiger partial charge is 0.243 e. The summed E-state index contributed by atoms with van der Waals surface area (Å²) in [5, 5.41) is 11.5. The van der Waals surface area contributed by atoms with Crippen molar-refractivity contribution in [1.29, 1.82) is 0 Å². The molecule has 0 saturated heterocycles. The second kappa shape index (κ2) is 5.65. The minimum atomic E-state index is 0.586. The maximum atomic E-state index is 4.52. The summed E-state index contributed by atoms with van der Waals surface area (Å²) in [6, 6.07) is 16.3. The van der Waals surface area contributed by atoms with E-state index >= 15 is 0 Å². The number of anilines is 1. The third-order valence-electron chi connectivity index (χ3n) is 3.23. The topological polar surface area (TPSA) is 50.7 Å². The van der Waals surface area contributed by atoms with Crippen LogP contribution < -0.4 is 5.32 Å². The van der Waals surface area contributed by atoms with Gasteiger partial charge in [0.1, 0.15) is 5.52 Å². The maximum Gasteiger partial charge on any atom is 0.243 e. The minimum Gasteiger partial charge on any atom is -0.353 e. The summed E-state index contributed by atoms with van der Waals surface area (Å²) in [5.41, 5.74) is 4.15. The van der Waals surface area contributed by atoms with Gasteiger partial charge >= 0.3 is 0 Å². The summed E-state index contributed by atoms with van der Waals surface area (Å²) in [6.45, 7) is 2.83. The first-order chi connectivity index (χ1) is 9.83. The van der Waals surface area contributed by atoms with Gasteiger partial charge in [0, 0.05) is 6.54 Å². The fourth-order valence-electron chi connectivity index (χ4n) is 2.14. The Labute approximate surface area is 117 Å². The molecule has 0 aliphatic rings. The van der Waals surface area contributed by atoms with E-state index in [0.717, 1.165) is 29.6 Å². The molecule has 0 fully saturated rings. The van der Waals surface area contributed by atoms with Crippen LogP contribution in [0.1, 0.15) is 11.1 Å². The Bertz CT molecular complexity index is 710. The molecule has 3 aromatic rings. The normalized spacial score (nSPS) is 10.7. The predicted octanol–water partition coefficient (Wildman–Crippen LogP) is 2.99. The first-order valence-electron chi connectivity index (χ1n) is 6.71. The summed E-state index contributed by atoms with van der Waals surface area (Å²) >= 11 is 0. The molecule has 0 atom stereocenters. The molecule has 2 aromatic carbocycles. The lowest BCUT2D eigenvalue weighted by atomic mass is 10.1. The molecule has 4 heteroatoms. The summed E-state index contributed by atoms with van der Waals surface area (Å²) in [4.78, 5) is 4.52. The molecule has 0 unspecified atom stereocenters. The molecule has 1 heterocycles. The average Bonchev–Trinajstić information content (AvgIpc) is 2.49. The summed E-state index contributed by atoms with van der Waals surface area (Å²) < 4.78 is 0. The molecule has 0 aliphatic heterocycles. The van der Waals surface area contributed by atoms with Gasteiger partial charge in [-0.2, -0.15) is 0 Å². The van der Waals surface area contributed by atoms with Crippen molar-refractivity contribution in [3.63, 3.8) is 0 Å². The molecule has 4 nitrogen and oxygen atoms in total. The number of hydrogen-bond acceptors (Lipinski definition) is 4. The van der Waals surface area contributed by atoms with Crippen molar-refractivity contribution in [1.82, 2.24) is 15.2 Å². The van der Waals surface area contributed by atoms with E-state index in [1.165, 1.54) is 5.56 Å². The molecule has 0 saturated carbocycles. The molecule has 20 heavy (non-hydrogen) atoms. The van der Waals surface area contributed by atoms with Gasteiger partial charge in [-0.05, 0) is 30.5 Å². The van der Waals surface area contributed by atoms with Gasteiger partial charge in [-0.15, -0.1) is 10.2 Å². The van der Waals surface area contributed by atoms with Crippen LogP contribution in [0.3, 0.4) is 0 Å². The van der Waals surface area contributed by atoms with E-state index < -0.39 is 0 Å². The molecule has 100 valence electrons. The number of fused-ring (bicyclic) bond motifs is 1. The van der Waals surface area contributed by atoms with Crippen LogP contribution in [0.25, 0.3) is 11.0 Å². The zero-order valence-electron chi connectivity index (χ0n) is 11.4. The second-order valence-corrected chi connectivity index (χ2v) is 4.74. The highest BCUT2D eigenvalue weighted by molar-refractivity contribution is 5.77. The van der Waals surface area contributed by atoms with Gasteiger partial charge < -0.3 is 5.32 Å². The molecule has 0 bridgehead atoms. The average molecular weight is 264 g/mol. The number of hydrogen-bond donors (Lipinski definition) is 1. The number of aryl methyl sites for hydroxylation is 1. The molecule has 3 rings (SSSR count). The van der Waals surface area contributed by atoms with Gasteiger partial charge in [0.25, 0.3) is 0 Å². The Morgan fingerprint density at radius 1 is 0.950 bits per heavy atom. The van der Waals surface area contributed by atoms with Gasteiger partial charge in [-0.1, -0.05) is 42.5 Å². The number of rotatable bonds is 4. The van der Waals surface area contributed by atoms with E-state index in [1.807, 2.05) is 43.3 Å². The van der Waals surface area contributed by atoms with Crippen molar-refractivity contribution in [2.75, 3.05) is 11.9 Å². The van der Waals surface area contributed by atoms with Gasteiger partial charge in [0.15, 0.2) is 0 Å². The number of aromatic nitrogens is 3. The standard InChI is InChI=1S/C16H16N4/c1-12-6-5-9-14-15(12)18-16(20-19-14)17-11-10-13-7-3-2-4-8-13/h2-9H,10-11H2,1H3,(H,17,18,20). The van der Waals surface area contributed by atoms with Crippen molar-refractivity contribution in [3.8, 4) is 0 Å². The van der Waals surface area contributed by atoms with Crippen molar-refractivity contribution < 1.29 is 0 Å². The van der Waals surface area contributed by atoms with E-state index in [9.17, 15) is 0 Å². The molecule has 1 aromatic heterocycles. The Morgan fingerprint density at radius 3 is 2.65 bits per heavy atom. The van der Waals surface area contributed by atoms with Crippen LogP contribution in [-0.4, -0.2) is 21.7 Å². The Morgan fingerprint density at radius 2 is 1.80 bits per heavy atom. The molecule has 0 aliphatic carbocycles. The first kappa shape index (κ1) is 12.5. The van der Waals surface area contributed by atoms with Crippen LogP contribution in [0.2, 0.25) is 0 Å². The first-order valence-corrected chi connectivity index (χ1v) is 6.71. The maximum absolute atomic E-state index is 4.52. The van der Waals surface area contributed by atoms with Crippen molar-refractivity contribution >= 4 is 17.0 Å². The lowest BCUT2D eigenvalue weighted by Gasteiger charge is -2.06. The SMILES string of the molecule is Cc1cccc2nnc(NCCc3ccccc3)nc12. The highest BCUT2D eigenvalue weighted by Crippen LogP contribution is 2.14. The minimum absolute atomic E-state index is 0.586. The number of nitrogens with zero attached hydrogens (tertiary/aromatic N) is 3. The number of nitrogens with one attached hydrogen (secondary N) is 1. The zero-order valence-corrected chi connectivity index (χ0v) is 11.4. The highest BCUT2D eigenvalue weighted by Gasteiger charge is 2.03. The molecule has 1 N–H and O–H groups in total. The van der Waals surface area contributed by atoms with E-state index in [1.54, 1.807) is 0 Å². The lowest BCUT2D eigenvalue weighted by Crippen LogP contribution is -2.09. The summed E-state index contributed by atoms with van der Waals surface area (Å²) in [7, 11) is 0. The molecule has 0 amide bonds. The van der Waals surface area contributed by atoms with E-state index in [-0.39, 0.29) is 0 Å². The van der Waals surface area contributed by atoms with Crippen LogP contribution in [0.15, 0.2) is 48.5 Å². The van der Waals surface area contributed by atoms with Gasteiger partial charge in [0.05, 0.1) is 5.52 Å². The van der Waals surface area contributed by atoms with Crippen LogP contribution >= 0.6 is 0 Å². The zero-order chi connectivity index (χ0) is 13.8. The lowest BCUT2D eigenvalue weighted by molar-refractivity contribution is 0.951. The second-order valence-electron chi connectivity index (χ2n) is 4.74. The van der Waals surface area contributed by atoms with Crippen molar-refractivity contribution in [2.45, 2.75) is 13.3 Å². The summed E-state index contributed by atoms with van der Waals surface area (Å²) in [6.07, 6.45) is 0.940. The monoisotopic (exact) mass is 264 g/mol. The molecular formula is C16H16N4. The van der Waals surface area contributed by atoms with Crippen molar-refractivity contribution in [3.05, 3.63) is 59.7 Å². The van der Waals surface area contributed by atoms with Crippen LogP contribution in [0.4, 0.5) is 5.95 Å². The Hall–Kier alpha value is -2.49. The largest absolute Gasteiger partial charge is 0.353 e. The summed E-state index contributed by atoms with van der Waals surface area (Å²) in [5.74, 6) is 0.586. The molecular weight excluding hydrogens is 248 g/mol. The van der Waals surface area contributed by atoms with Crippen LogP contribution in [0, 0.1) is 6.92 Å². The quantitative estimate of drug-likeness (QED) is 0.787. The third kappa shape index (κ3) is 2.74. The van der Waals surface area contributed by atoms with Crippen molar-refractivity contribution in [2.24, 2.45) is 0 Å². The molecule has 0 radical (unpaired) electrons. The number of para-hydroxylation sites is 1. The van der Waals surface area contributed by atoms with Crippen LogP contribution in [-0.2, 0) is 6.42 Å². The van der Waals surface area contributed by atoms with Gasteiger partial charge in [-0.3, -0.25) is 0 Å². The van der Waals surface area contributed by atoms with Crippen LogP contribution in [0.5, 0.6) is 0 Å². The fraction of sp³-hybridized carbons (Fsp3) is 0.188. The Kier molecular flexibility index (Phi) is 3.54. The highest BCUT2D eigenvalue weighted by atomic mass is 15.2. The number of benzene rings is 2.